The standard InChI is InChI=1S/C16H18N2O3/c1-3-4-13-7-12(5-6-15(13)16(20)21-2)9-18-11-17-8-14(18)10-19/h5-8,10-11H,3-4,9H2,1-2H3. The second kappa shape index (κ2) is 6.83. The van der Waals surface area contributed by atoms with Crippen LogP contribution in [0, 0.1) is 0 Å². The number of hydrogen-bond donors (Lipinski definition) is 0. The molecule has 110 valence electrons. The third kappa shape index (κ3) is 3.37. The first kappa shape index (κ1) is 15.0. The fraction of sp³-hybridized carbons (Fsp3) is 0.312. The Balaban J connectivity index is 2.31. The molecule has 2 rings (SSSR count). The molecule has 0 unspecified atom stereocenters. The maximum atomic E-state index is 11.8. The van der Waals surface area contributed by atoms with E-state index in [2.05, 4.69) is 11.9 Å². The fourth-order valence-electron chi connectivity index (χ4n) is 2.29. The zero-order valence-corrected chi connectivity index (χ0v) is 12.2. The molecule has 5 heteroatoms. The molecule has 0 aliphatic rings. The van der Waals surface area contributed by atoms with Crippen molar-refractivity contribution in [1.29, 1.82) is 0 Å². The highest BCUT2D eigenvalue weighted by Gasteiger charge is 2.12. The number of ether oxygens (including phenoxy) is 1. The summed E-state index contributed by atoms with van der Waals surface area (Å²) >= 11 is 0. The number of carbonyl (C=O) groups is 2. The maximum Gasteiger partial charge on any atom is 0.338 e. The van der Waals surface area contributed by atoms with Crippen molar-refractivity contribution in [2.75, 3.05) is 7.11 Å². The topological polar surface area (TPSA) is 61.2 Å². The van der Waals surface area contributed by atoms with Gasteiger partial charge in [0.05, 0.1) is 25.2 Å². The van der Waals surface area contributed by atoms with Gasteiger partial charge in [-0.15, -0.1) is 0 Å². The normalized spacial score (nSPS) is 10.4. The zero-order valence-electron chi connectivity index (χ0n) is 12.2. The highest BCUT2D eigenvalue weighted by molar-refractivity contribution is 5.91. The zero-order chi connectivity index (χ0) is 15.2. The van der Waals surface area contributed by atoms with E-state index < -0.39 is 0 Å². The van der Waals surface area contributed by atoms with Gasteiger partial charge in [0.25, 0.3) is 0 Å². The summed E-state index contributed by atoms with van der Waals surface area (Å²) in [5.74, 6) is -0.318. The Labute approximate surface area is 123 Å². The van der Waals surface area contributed by atoms with Crippen LogP contribution in [0.1, 0.15) is 45.3 Å². The van der Waals surface area contributed by atoms with Gasteiger partial charge in [0.1, 0.15) is 5.69 Å². The van der Waals surface area contributed by atoms with Crippen molar-refractivity contribution >= 4 is 12.3 Å². The number of hydrogen-bond acceptors (Lipinski definition) is 4. The molecular weight excluding hydrogens is 268 g/mol. The summed E-state index contributed by atoms with van der Waals surface area (Å²) in [5, 5.41) is 0. The largest absolute Gasteiger partial charge is 0.465 e. The lowest BCUT2D eigenvalue weighted by molar-refractivity contribution is 0.0599. The number of esters is 1. The molecule has 0 saturated carbocycles. The minimum Gasteiger partial charge on any atom is -0.465 e. The van der Waals surface area contributed by atoms with Crippen LogP contribution in [0.3, 0.4) is 0 Å². The van der Waals surface area contributed by atoms with E-state index in [9.17, 15) is 9.59 Å². The van der Waals surface area contributed by atoms with Crippen LogP contribution in [-0.4, -0.2) is 28.9 Å². The van der Waals surface area contributed by atoms with Gasteiger partial charge in [-0.2, -0.15) is 0 Å². The van der Waals surface area contributed by atoms with Crippen LogP contribution < -0.4 is 0 Å². The monoisotopic (exact) mass is 286 g/mol. The van der Waals surface area contributed by atoms with Crippen LogP contribution in [0.15, 0.2) is 30.7 Å². The smallest absolute Gasteiger partial charge is 0.338 e. The van der Waals surface area contributed by atoms with Gasteiger partial charge in [-0.1, -0.05) is 25.5 Å². The predicted molar refractivity (Wildman–Crippen MR) is 78.5 cm³/mol. The van der Waals surface area contributed by atoms with Crippen molar-refractivity contribution in [1.82, 2.24) is 9.55 Å². The van der Waals surface area contributed by atoms with Crippen LogP contribution in [0.25, 0.3) is 0 Å². The Hall–Kier alpha value is -2.43. The molecule has 0 fully saturated rings. The van der Waals surface area contributed by atoms with Gasteiger partial charge in [0.2, 0.25) is 0 Å². The van der Waals surface area contributed by atoms with Gasteiger partial charge >= 0.3 is 5.97 Å². The number of carbonyl (C=O) groups excluding carboxylic acids is 2. The second-order valence-electron chi connectivity index (χ2n) is 4.80. The number of imidazole rings is 1. The lowest BCUT2D eigenvalue weighted by Gasteiger charge is -2.11. The van der Waals surface area contributed by atoms with Crippen LogP contribution >= 0.6 is 0 Å². The first-order valence-corrected chi connectivity index (χ1v) is 6.85. The molecule has 0 N–H and O–H groups in total. The molecule has 5 nitrogen and oxygen atoms in total. The molecule has 0 aliphatic heterocycles. The minimum absolute atomic E-state index is 0.318. The molecule has 0 atom stereocenters. The average Bonchev–Trinajstić information content (AvgIpc) is 2.94. The number of benzene rings is 1. The SMILES string of the molecule is CCCc1cc(Cn2cncc2C=O)ccc1C(=O)OC. The molecule has 0 radical (unpaired) electrons. The van der Waals surface area contributed by atoms with Crippen LogP contribution in [0.5, 0.6) is 0 Å². The number of aryl methyl sites for hydroxylation is 1. The van der Waals surface area contributed by atoms with Gasteiger partial charge < -0.3 is 9.30 Å². The summed E-state index contributed by atoms with van der Waals surface area (Å²) in [7, 11) is 1.38. The molecule has 21 heavy (non-hydrogen) atoms. The number of aldehydes is 1. The first-order chi connectivity index (χ1) is 10.2. The summed E-state index contributed by atoms with van der Waals surface area (Å²) in [6.07, 6.45) is 5.68. The van der Waals surface area contributed by atoms with Crippen LogP contribution in [0.2, 0.25) is 0 Å². The van der Waals surface area contributed by atoms with E-state index in [0.717, 1.165) is 30.3 Å². The Kier molecular flexibility index (Phi) is 4.87. The first-order valence-electron chi connectivity index (χ1n) is 6.85. The maximum absolute atomic E-state index is 11.8. The van der Waals surface area contributed by atoms with E-state index in [1.807, 2.05) is 12.1 Å². The molecule has 0 spiro atoms. The van der Waals surface area contributed by atoms with Gasteiger partial charge in [-0.3, -0.25) is 4.79 Å². The molecule has 1 aromatic carbocycles. The quantitative estimate of drug-likeness (QED) is 0.604. The molecule has 0 aliphatic carbocycles. The second-order valence-corrected chi connectivity index (χ2v) is 4.80. The van der Waals surface area contributed by atoms with Crippen molar-refractivity contribution in [3.63, 3.8) is 0 Å². The molecule has 1 aromatic heterocycles. The Morgan fingerprint density at radius 3 is 2.90 bits per heavy atom. The van der Waals surface area contributed by atoms with E-state index in [4.69, 9.17) is 4.74 Å². The number of methoxy groups -OCH3 is 1. The summed E-state index contributed by atoms with van der Waals surface area (Å²) < 4.78 is 6.58. The Morgan fingerprint density at radius 2 is 2.24 bits per heavy atom. The molecule has 0 amide bonds. The number of nitrogens with zero attached hydrogens (tertiary/aromatic N) is 2. The van der Waals surface area contributed by atoms with E-state index in [1.165, 1.54) is 13.3 Å². The van der Waals surface area contributed by atoms with Crippen LogP contribution in [-0.2, 0) is 17.7 Å². The minimum atomic E-state index is -0.318. The van der Waals surface area contributed by atoms with Crippen molar-refractivity contribution in [2.24, 2.45) is 0 Å². The highest BCUT2D eigenvalue weighted by Crippen LogP contribution is 2.17. The number of aromatic nitrogens is 2. The van der Waals surface area contributed by atoms with Gasteiger partial charge in [-0.05, 0) is 23.6 Å². The number of rotatable bonds is 6. The van der Waals surface area contributed by atoms with Gasteiger partial charge in [0.15, 0.2) is 6.29 Å². The lowest BCUT2D eigenvalue weighted by atomic mass is 10.00. The van der Waals surface area contributed by atoms with Crippen molar-refractivity contribution in [2.45, 2.75) is 26.3 Å². The molecule has 2 aromatic rings. The van der Waals surface area contributed by atoms with E-state index in [0.29, 0.717) is 17.8 Å². The predicted octanol–water partition coefficient (Wildman–Crippen LogP) is 2.48. The third-order valence-corrected chi connectivity index (χ3v) is 3.31. The van der Waals surface area contributed by atoms with Crippen molar-refractivity contribution in [3.8, 4) is 0 Å². The Bertz CT molecular complexity index is 647. The summed E-state index contributed by atoms with van der Waals surface area (Å²) in [6.45, 7) is 2.61. The molecular formula is C16H18N2O3. The van der Waals surface area contributed by atoms with Crippen molar-refractivity contribution in [3.05, 3.63) is 53.1 Å². The summed E-state index contributed by atoms with van der Waals surface area (Å²) in [4.78, 5) is 26.6. The molecule has 0 saturated heterocycles. The molecule has 0 bridgehead atoms. The third-order valence-electron chi connectivity index (χ3n) is 3.31. The van der Waals surface area contributed by atoms with E-state index >= 15 is 0 Å². The van der Waals surface area contributed by atoms with Crippen LogP contribution in [0.4, 0.5) is 0 Å². The van der Waals surface area contributed by atoms with E-state index in [1.54, 1.807) is 17.0 Å². The molecule has 1 heterocycles. The van der Waals surface area contributed by atoms with Gasteiger partial charge in [0, 0.05) is 6.54 Å². The highest BCUT2D eigenvalue weighted by atomic mass is 16.5. The summed E-state index contributed by atoms with van der Waals surface area (Å²) in [6, 6.07) is 5.65. The van der Waals surface area contributed by atoms with Crippen molar-refractivity contribution < 1.29 is 14.3 Å². The summed E-state index contributed by atoms with van der Waals surface area (Å²) in [5.41, 5.74) is 3.12. The lowest BCUT2D eigenvalue weighted by Crippen LogP contribution is -2.08. The van der Waals surface area contributed by atoms with Gasteiger partial charge in [-0.25, -0.2) is 9.78 Å². The Morgan fingerprint density at radius 1 is 1.43 bits per heavy atom. The average molecular weight is 286 g/mol. The van der Waals surface area contributed by atoms with E-state index in [-0.39, 0.29) is 5.97 Å². The fourth-order valence-corrected chi connectivity index (χ4v) is 2.29.